The molecule has 0 aromatic carbocycles. The lowest BCUT2D eigenvalue weighted by Crippen LogP contribution is -2.59. The Balaban J connectivity index is 1.18. The summed E-state index contributed by atoms with van der Waals surface area (Å²) < 4.78 is 0. The van der Waals surface area contributed by atoms with Crippen molar-refractivity contribution in [2.45, 2.75) is 51.5 Å². The maximum Gasteiger partial charge on any atom is 0.169 e. The van der Waals surface area contributed by atoms with E-state index in [1.54, 1.807) is 0 Å². The summed E-state index contributed by atoms with van der Waals surface area (Å²) in [4.78, 5) is 9.22. The lowest BCUT2D eigenvalue weighted by atomic mass is 9.48. The van der Waals surface area contributed by atoms with E-state index in [4.69, 9.17) is 12.2 Å². The number of pyridine rings is 1. The molecule has 2 heterocycles. The summed E-state index contributed by atoms with van der Waals surface area (Å²) in [5.41, 5.74) is 0.509. The molecule has 1 aliphatic heterocycles. The van der Waals surface area contributed by atoms with Gasteiger partial charge in [-0.15, -0.1) is 0 Å². The van der Waals surface area contributed by atoms with Gasteiger partial charge in [0.25, 0.3) is 0 Å². The van der Waals surface area contributed by atoms with Crippen LogP contribution in [0.1, 0.15) is 45.4 Å². The fourth-order valence-electron chi connectivity index (χ4n) is 6.82. The van der Waals surface area contributed by atoms with Gasteiger partial charge in [-0.3, -0.25) is 0 Å². The third-order valence-corrected chi connectivity index (χ3v) is 8.26. The van der Waals surface area contributed by atoms with Crippen LogP contribution in [0.4, 0.5) is 5.82 Å². The minimum Gasteiger partial charge on any atom is -0.360 e. The lowest BCUT2D eigenvalue weighted by Gasteiger charge is -2.59. The predicted octanol–water partition coefficient (Wildman–Crippen LogP) is 3.68. The van der Waals surface area contributed by atoms with Crippen molar-refractivity contribution < 1.29 is 0 Å². The second kappa shape index (κ2) is 6.91. The number of anilines is 1. The second-order valence-corrected chi connectivity index (χ2v) is 10.00. The highest BCUT2D eigenvalue weighted by molar-refractivity contribution is 7.80. The molecule has 1 aromatic heterocycles. The Kier molecular flexibility index (Phi) is 4.53. The first-order valence-electron chi connectivity index (χ1n) is 10.8. The topological polar surface area (TPSA) is 31.4 Å². The highest BCUT2D eigenvalue weighted by Crippen LogP contribution is 2.61. The Morgan fingerprint density at radius 1 is 1.07 bits per heavy atom. The smallest absolute Gasteiger partial charge is 0.169 e. The molecule has 1 saturated heterocycles. The van der Waals surface area contributed by atoms with E-state index in [1.807, 2.05) is 12.3 Å². The Morgan fingerprint density at radius 2 is 1.70 bits per heavy atom. The van der Waals surface area contributed by atoms with Crippen molar-refractivity contribution in [1.29, 1.82) is 0 Å². The summed E-state index contributed by atoms with van der Waals surface area (Å²) in [6.07, 6.45) is 10.7. The van der Waals surface area contributed by atoms with Gasteiger partial charge in [-0.25, -0.2) is 4.98 Å². The minimum absolute atomic E-state index is 0.507. The lowest BCUT2D eigenvalue weighted by molar-refractivity contribution is -0.0675. The molecule has 1 N–H and O–H groups in total. The molecule has 146 valence electrons. The van der Waals surface area contributed by atoms with E-state index in [1.165, 1.54) is 38.5 Å². The summed E-state index contributed by atoms with van der Waals surface area (Å²) >= 11 is 5.84. The fourth-order valence-corrected chi connectivity index (χ4v) is 7.18. The van der Waals surface area contributed by atoms with Crippen molar-refractivity contribution >= 4 is 23.1 Å². The maximum atomic E-state index is 5.84. The zero-order chi connectivity index (χ0) is 18.4. The van der Waals surface area contributed by atoms with Gasteiger partial charge in [0, 0.05) is 38.4 Å². The molecule has 0 radical (unpaired) electrons. The number of hydrogen-bond donors (Lipinski definition) is 1. The average Bonchev–Trinajstić information content (AvgIpc) is 2.68. The molecule has 1 aromatic rings. The van der Waals surface area contributed by atoms with Crippen LogP contribution in [0.3, 0.4) is 0 Å². The maximum absolute atomic E-state index is 5.84. The molecule has 4 saturated carbocycles. The van der Waals surface area contributed by atoms with Crippen LogP contribution in [-0.2, 0) is 0 Å². The number of rotatable bonds is 3. The Morgan fingerprint density at radius 3 is 2.26 bits per heavy atom. The third-order valence-electron chi connectivity index (χ3n) is 7.88. The van der Waals surface area contributed by atoms with Gasteiger partial charge in [0.2, 0.25) is 0 Å². The van der Waals surface area contributed by atoms with Gasteiger partial charge < -0.3 is 15.1 Å². The molecule has 1 atom stereocenters. The minimum atomic E-state index is 0.507. The van der Waals surface area contributed by atoms with Gasteiger partial charge in [0.1, 0.15) is 5.82 Å². The molecule has 27 heavy (non-hydrogen) atoms. The highest BCUT2D eigenvalue weighted by Gasteiger charge is 2.53. The van der Waals surface area contributed by atoms with Crippen LogP contribution < -0.4 is 10.2 Å². The number of hydrogen-bond acceptors (Lipinski definition) is 3. The molecule has 0 spiro atoms. The van der Waals surface area contributed by atoms with E-state index in [2.05, 4.69) is 39.2 Å². The predicted molar refractivity (Wildman–Crippen MR) is 114 cm³/mol. The molecule has 4 bridgehead atoms. The summed E-state index contributed by atoms with van der Waals surface area (Å²) in [6.45, 7) is 6.35. The van der Waals surface area contributed by atoms with Crippen LogP contribution in [0.2, 0.25) is 0 Å². The van der Waals surface area contributed by atoms with Crippen LogP contribution in [0.5, 0.6) is 0 Å². The van der Waals surface area contributed by atoms with Crippen LogP contribution in [-0.4, -0.2) is 47.2 Å². The average molecular weight is 385 g/mol. The molecule has 0 amide bonds. The van der Waals surface area contributed by atoms with Gasteiger partial charge in [-0.05, 0) is 93.0 Å². The molecular formula is C22H32N4S. The fraction of sp³-hybridized carbons (Fsp3) is 0.727. The van der Waals surface area contributed by atoms with E-state index in [-0.39, 0.29) is 0 Å². The standard InChI is InChI=1S/C22H32N4S/c1-16(22-13-17-10-18(14-22)12-19(11-17)15-22)24-21(27)26-8-6-25(7-9-26)20-4-2-3-5-23-20/h2-5,16-19H,6-15H2,1H3,(H,24,27). The normalized spacial score (nSPS) is 36.0. The molecule has 5 fully saturated rings. The summed E-state index contributed by atoms with van der Waals surface area (Å²) in [5, 5.41) is 4.76. The molecule has 4 nitrogen and oxygen atoms in total. The van der Waals surface area contributed by atoms with E-state index < -0.39 is 0 Å². The van der Waals surface area contributed by atoms with E-state index in [0.717, 1.165) is 54.9 Å². The Labute approximate surface area is 168 Å². The van der Waals surface area contributed by atoms with Gasteiger partial charge in [-0.2, -0.15) is 0 Å². The van der Waals surface area contributed by atoms with E-state index >= 15 is 0 Å². The van der Waals surface area contributed by atoms with Gasteiger partial charge in [0.15, 0.2) is 5.11 Å². The monoisotopic (exact) mass is 384 g/mol. The molecule has 4 aliphatic carbocycles. The number of aromatic nitrogens is 1. The summed E-state index contributed by atoms with van der Waals surface area (Å²) in [6, 6.07) is 6.65. The van der Waals surface area contributed by atoms with Crippen LogP contribution in [0.15, 0.2) is 24.4 Å². The van der Waals surface area contributed by atoms with Crippen molar-refractivity contribution in [3.63, 3.8) is 0 Å². The van der Waals surface area contributed by atoms with Crippen molar-refractivity contribution in [2.24, 2.45) is 23.2 Å². The SMILES string of the molecule is CC(NC(=S)N1CCN(c2ccccn2)CC1)C12CC3CC(CC(C3)C1)C2. The molecule has 5 aliphatic rings. The van der Waals surface area contributed by atoms with Crippen molar-refractivity contribution in [3.8, 4) is 0 Å². The first-order chi connectivity index (χ1) is 13.1. The van der Waals surface area contributed by atoms with Crippen LogP contribution in [0, 0.1) is 23.2 Å². The summed E-state index contributed by atoms with van der Waals surface area (Å²) in [5.74, 6) is 4.07. The van der Waals surface area contributed by atoms with E-state index in [9.17, 15) is 0 Å². The van der Waals surface area contributed by atoms with E-state index in [0.29, 0.717) is 11.5 Å². The first-order valence-corrected chi connectivity index (χ1v) is 11.2. The molecular weight excluding hydrogens is 352 g/mol. The van der Waals surface area contributed by atoms with Crippen molar-refractivity contribution in [3.05, 3.63) is 24.4 Å². The van der Waals surface area contributed by atoms with Crippen molar-refractivity contribution in [1.82, 2.24) is 15.2 Å². The molecule has 1 unspecified atom stereocenters. The number of nitrogens with one attached hydrogen (secondary N) is 1. The zero-order valence-electron chi connectivity index (χ0n) is 16.4. The van der Waals surface area contributed by atoms with Gasteiger partial charge in [-0.1, -0.05) is 6.07 Å². The quantitative estimate of drug-likeness (QED) is 0.804. The van der Waals surface area contributed by atoms with Crippen LogP contribution >= 0.6 is 12.2 Å². The Hall–Kier alpha value is -1.36. The number of piperazine rings is 1. The van der Waals surface area contributed by atoms with Crippen molar-refractivity contribution in [2.75, 3.05) is 31.1 Å². The molecule has 6 rings (SSSR count). The van der Waals surface area contributed by atoms with Crippen LogP contribution in [0.25, 0.3) is 0 Å². The number of thiocarbonyl (C=S) groups is 1. The number of nitrogens with zero attached hydrogens (tertiary/aromatic N) is 3. The summed E-state index contributed by atoms with van der Waals surface area (Å²) in [7, 11) is 0. The second-order valence-electron chi connectivity index (χ2n) is 9.61. The third kappa shape index (κ3) is 3.32. The molecule has 5 heteroatoms. The van der Waals surface area contributed by atoms with Gasteiger partial charge in [0.05, 0.1) is 0 Å². The highest BCUT2D eigenvalue weighted by atomic mass is 32.1. The largest absolute Gasteiger partial charge is 0.360 e. The zero-order valence-corrected chi connectivity index (χ0v) is 17.3. The first kappa shape index (κ1) is 17.7. The Bertz CT molecular complexity index is 648. The van der Waals surface area contributed by atoms with Gasteiger partial charge >= 0.3 is 0 Å².